The fourth-order valence-electron chi connectivity index (χ4n) is 2.57. The zero-order valence-electron chi connectivity index (χ0n) is 15.2. The van der Waals surface area contributed by atoms with Gasteiger partial charge in [-0.25, -0.2) is 0 Å². The molecule has 0 aliphatic heterocycles. The summed E-state index contributed by atoms with van der Waals surface area (Å²) in [6.07, 6.45) is -4.17. The molecule has 1 heterocycles. The highest BCUT2D eigenvalue weighted by molar-refractivity contribution is 6.33. The first-order chi connectivity index (χ1) is 12.7. The summed E-state index contributed by atoms with van der Waals surface area (Å²) >= 11 is 6.45. The molecule has 1 aromatic heterocycles. The number of rotatable bonds is 6. The van der Waals surface area contributed by atoms with Crippen molar-refractivity contribution < 1.29 is 27.5 Å². The maximum Gasteiger partial charge on any atom is 0.389 e. The molecule has 0 aliphatic carbocycles. The van der Waals surface area contributed by atoms with Gasteiger partial charge in [0.05, 0.1) is 23.5 Å². The number of benzene rings is 1. The number of hydrogen-bond donors (Lipinski definition) is 0. The van der Waals surface area contributed by atoms with Crippen LogP contribution in [0.5, 0.6) is 5.75 Å². The van der Waals surface area contributed by atoms with Crippen LogP contribution in [0.15, 0.2) is 18.2 Å². The van der Waals surface area contributed by atoms with Crippen molar-refractivity contribution in [1.82, 2.24) is 9.78 Å². The smallest absolute Gasteiger partial charge is 0.389 e. The van der Waals surface area contributed by atoms with E-state index in [1.165, 1.54) is 7.11 Å². The lowest BCUT2D eigenvalue weighted by molar-refractivity contribution is -0.191. The highest BCUT2D eigenvalue weighted by atomic mass is 35.5. The van der Waals surface area contributed by atoms with Crippen LogP contribution in [-0.4, -0.2) is 29.2 Å². The Hall–Kier alpha value is -2.31. The summed E-state index contributed by atoms with van der Waals surface area (Å²) in [5, 5.41) is 5.03. The van der Waals surface area contributed by atoms with E-state index in [-0.39, 0.29) is 12.6 Å². The summed E-state index contributed by atoms with van der Waals surface area (Å²) in [5.74, 6) is 0.494. The number of hydrogen-bond acceptors (Lipinski definition) is 4. The van der Waals surface area contributed by atoms with E-state index in [2.05, 4.69) is 5.10 Å². The van der Waals surface area contributed by atoms with Crippen molar-refractivity contribution in [2.24, 2.45) is 0 Å². The molecule has 2 aromatic rings. The third kappa shape index (κ3) is 6.12. The number of aryl methyl sites for hydroxylation is 3. The average molecular weight is 405 g/mol. The second-order valence-electron chi connectivity index (χ2n) is 5.51. The summed E-state index contributed by atoms with van der Waals surface area (Å²) in [4.78, 5) is 16.2. The first-order valence-electron chi connectivity index (χ1n) is 8.20. The molecule has 1 aromatic carbocycles. The maximum atomic E-state index is 12.4. The Kier molecular flexibility index (Phi) is 8.53. The number of alkyl halides is 3. The molecule has 0 fully saturated rings. The number of methoxy groups -OCH3 is 1. The summed E-state index contributed by atoms with van der Waals surface area (Å²) < 4.78 is 44.4. The summed E-state index contributed by atoms with van der Waals surface area (Å²) in [5.41, 5.74) is 2.82. The standard InChI is InChI=1S/C17H20ClF3N2O.CO2/c1-4-13-15(18)16(23(5-2)22-13)12-7-6-11(10-14(12)24-3)8-9-17(19,20)21;2-1-3/h6-7,10H,4-5,8-9H2,1-3H3;. The number of ether oxygens (including phenoxy) is 1. The van der Waals surface area contributed by atoms with Crippen LogP contribution in [0.3, 0.4) is 0 Å². The van der Waals surface area contributed by atoms with Gasteiger partial charge in [0.15, 0.2) is 0 Å². The van der Waals surface area contributed by atoms with Crippen LogP contribution in [0.2, 0.25) is 5.02 Å². The van der Waals surface area contributed by atoms with E-state index in [9.17, 15) is 13.2 Å². The quantitative estimate of drug-likeness (QED) is 0.699. The average Bonchev–Trinajstić information content (AvgIpc) is 2.95. The van der Waals surface area contributed by atoms with Crippen molar-refractivity contribution in [3.63, 3.8) is 0 Å². The summed E-state index contributed by atoms with van der Waals surface area (Å²) in [7, 11) is 1.49. The Balaban J connectivity index is 0.00000114. The van der Waals surface area contributed by atoms with Crippen molar-refractivity contribution in [2.45, 2.75) is 45.8 Å². The Morgan fingerprint density at radius 2 is 1.89 bits per heavy atom. The van der Waals surface area contributed by atoms with Crippen molar-refractivity contribution in [1.29, 1.82) is 0 Å². The van der Waals surface area contributed by atoms with E-state index in [0.717, 1.165) is 17.0 Å². The lowest BCUT2D eigenvalue weighted by Gasteiger charge is -2.13. The van der Waals surface area contributed by atoms with E-state index < -0.39 is 12.6 Å². The second kappa shape index (κ2) is 10.1. The van der Waals surface area contributed by atoms with Gasteiger partial charge in [-0.05, 0) is 37.5 Å². The van der Waals surface area contributed by atoms with Gasteiger partial charge in [0.1, 0.15) is 5.75 Å². The third-order valence-electron chi connectivity index (χ3n) is 3.81. The monoisotopic (exact) mass is 404 g/mol. The molecular formula is C18H20ClF3N2O3. The Morgan fingerprint density at radius 1 is 1.26 bits per heavy atom. The molecule has 2 rings (SSSR count). The number of carbonyl (C=O) groups excluding carboxylic acids is 2. The van der Waals surface area contributed by atoms with Gasteiger partial charge in [-0.2, -0.15) is 27.9 Å². The Morgan fingerprint density at radius 3 is 2.37 bits per heavy atom. The summed E-state index contributed by atoms with van der Waals surface area (Å²) in [6, 6.07) is 5.06. The van der Waals surface area contributed by atoms with Crippen LogP contribution in [0, 0.1) is 0 Å². The normalized spacial score (nSPS) is 10.8. The van der Waals surface area contributed by atoms with Gasteiger partial charge in [-0.1, -0.05) is 24.6 Å². The molecule has 0 saturated carbocycles. The van der Waals surface area contributed by atoms with Crippen LogP contribution in [0.25, 0.3) is 11.3 Å². The largest absolute Gasteiger partial charge is 0.496 e. The van der Waals surface area contributed by atoms with Gasteiger partial charge in [0.2, 0.25) is 0 Å². The molecule has 5 nitrogen and oxygen atoms in total. The second-order valence-corrected chi connectivity index (χ2v) is 5.89. The molecule has 148 valence electrons. The zero-order chi connectivity index (χ0) is 20.6. The lowest BCUT2D eigenvalue weighted by atomic mass is 10.0. The molecule has 0 saturated heterocycles. The van der Waals surface area contributed by atoms with Crippen molar-refractivity contribution in [3.05, 3.63) is 34.5 Å². The minimum Gasteiger partial charge on any atom is -0.496 e. The van der Waals surface area contributed by atoms with Crippen molar-refractivity contribution in [3.8, 4) is 17.0 Å². The van der Waals surface area contributed by atoms with Gasteiger partial charge in [-0.3, -0.25) is 4.68 Å². The highest BCUT2D eigenvalue weighted by Crippen LogP contribution is 2.38. The molecule has 0 N–H and O–H groups in total. The molecule has 0 aliphatic rings. The minimum absolute atomic E-state index is 0.0822. The molecule has 0 bridgehead atoms. The predicted molar refractivity (Wildman–Crippen MR) is 93.7 cm³/mol. The van der Waals surface area contributed by atoms with Crippen LogP contribution < -0.4 is 4.74 Å². The molecule has 0 amide bonds. The first kappa shape index (κ1) is 22.7. The van der Waals surface area contributed by atoms with E-state index in [1.54, 1.807) is 22.9 Å². The fourth-order valence-corrected chi connectivity index (χ4v) is 2.95. The van der Waals surface area contributed by atoms with Gasteiger partial charge in [0, 0.05) is 18.5 Å². The zero-order valence-corrected chi connectivity index (χ0v) is 15.9. The van der Waals surface area contributed by atoms with Gasteiger partial charge in [-0.15, -0.1) is 0 Å². The summed E-state index contributed by atoms with van der Waals surface area (Å²) in [6.45, 7) is 4.56. The van der Waals surface area contributed by atoms with E-state index in [1.807, 2.05) is 13.8 Å². The van der Waals surface area contributed by atoms with Crippen LogP contribution >= 0.6 is 11.6 Å². The van der Waals surface area contributed by atoms with Crippen molar-refractivity contribution >= 4 is 17.8 Å². The number of aromatic nitrogens is 2. The fraction of sp³-hybridized carbons (Fsp3) is 0.444. The number of nitrogens with zero attached hydrogens (tertiary/aromatic N) is 2. The molecule has 9 heteroatoms. The molecule has 0 atom stereocenters. The van der Waals surface area contributed by atoms with Gasteiger partial charge < -0.3 is 4.74 Å². The topological polar surface area (TPSA) is 61.2 Å². The Labute approximate surface area is 160 Å². The molecular weight excluding hydrogens is 385 g/mol. The SMILES string of the molecule is CCc1nn(CC)c(-c2ccc(CCC(F)(F)F)cc2OC)c1Cl.O=C=O. The van der Waals surface area contributed by atoms with E-state index in [4.69, 9.17) is 25.9 Å². The van der Waals surface area contributed by atoms with Crippen molar-refractivity contribution in [2.75, 3.05) is 7.11 Å². The molecule has 0 spiro atoms. The van der Waals surface area contributed by atoms with Crippen LogP contribution in [-0.2, 0) is 29.0 Å². The maximum absolute atomic E-state index is 12.4. The van der Waals surface area contributed by atoms with Crippen LogP contribution in [0.4, 0.5) is 13.2 Å². The minimum atomic E-state index is -4.17. The van der Waals surface area contributed by atoms with Crippen LogP contribution in [0.1, 0.15) is 31.5 Å². The van der Waals surface area contributed by atoms with E-state index >= 15 is 0 Å². The van der Waals surface area contributed by atoms with Gasteiger partial charge in [0.25, 0.3) is 0 Å². The number of halogens is 4. The first-order valence-corrected chi connectivity index (χ1v) is 8.58. The Bertz CT molecular complexity index is 798. The lowest BCUT2D eigenvalue weighted by Crippen LogP contribution is -2.08. The predicted octanol–water partition coefficient (Wildman–Crippen LogP) is 4.71. The third-order valence-corrected chi connectivity index (χ3v) is 4.21. The molecule has 0 unspecified atom stereocenters. The van der Waals surface area contributed by atoms with Gasteiger partial charge >= 0.3 is 12.3 Å². The highest BCUT2D eigenvalue weighted by Gasteiger charge is 2.27. The van der Waals surface area contributed by atoms with E-state index in [0.29, 0.717) is 29.3 Å². The molecule has 27 heavy (non-hydrogen) atoms. The molecule has 0 radical (unpaired) electrons.